The Kier molecular flexibility index (Phi) is 6.18. The Morgan fingerprint density at radius 3 is 2.78 bits per heavy atom. The molecule has 2 rings (SSSR count). The van der Waals surface area contributed by atoms with E-state index in [0.29, 0.717) is 24.7 Å². The molecule has 0 spiro atoms. The maximum atomic E-state index is 11.6. The molecule has 0 atom stereocenters. The van der Waals surface area contributed by atoms with Crippen molar-refractivity contribution in [3.05, 3.63) is 33.3 Å². The lowest BCUT2D eigenvalue weighted by Gasteiger charge is -2.24. The van der Waals surface area contributed by atoms with Gasteiger partial charge < -0.3 is 9.64 Å². The van der Waals surface area contributed by atoms with E-state index in [-0.39, 0.29) is 18.2 Å². The number of ether oxygens (including phenoxy) is 1. The third-order valence-corrected chi connectivity index (χ3v) is 4.03. The van der Waals surface area contributed by atoms with Gasteiger partial charge in [-0.3, -0.25) is 19.8 Å². The van der Waals surface area contributed by atoms with Crippen molar-refractivity contribution in [2.24, 2.45) is 0 Å². The van der Waals surface area contributed by atoms with Crippen LogP contribution in [-0.2, 0) is 9.53 Å². The lowest BCUT2D eigenvalue weighted by atomic mass is 10.2. The van der Waals surface area contributed by atoms with E-state index in [1.54, 1.807) is 13.0 Å². The number of benzene rings is 1. The van der Waals surface area contributed by atoms with Crippen molar-refractivity contribution in [1.29, 1.82) is 0 Å². The highest BCUT2D eigenvalue weighted by Gasteiger charge is 2.20. The molecule has 1 aromatic rings. The predicted molar refractivity (Wildman–Crippen MR) is 88.0 cm³/mol. The topological polar surface area (TPSA) is 75.9 Å². The first-order valence-corrected chi connectivity index (χ1v) is 7.96. The minimum atomic E-state index is -0.459. The summed E-state index contributed by atoms with van der Waals surface area (Å²) in [5, 5.41) is 11.2. The first kappa shape index (κ1) is 17.5. The van der Waals surface area contributed by atoms with Crippen LogP contribution in [0.25, 0.3) is 0 Å². The lowest BCUT2D eigenvalue weighted by Crippen LogP contribution is -2.35. The largest absolute Gasteiger partial charge is 0.465 e. The van der Waals surface area contributed by atoms with Gasteiger partial charge in [0.1, 0.15) is 0 Å². The van der Waals surface area contributed by atoms with Gasteiger partial charge in [-0.15, -0.1) is 0 Å². The number of hydrogen-bond donors (Lipinski definition) is 0. The van der Waals surface area contributed by atoms with Crippen molar-refractivity contribution >= 4 is 28.9 Å². The zero-order valence-electron chi connectivity index (χ0n) is 13.0. The molecular weight excluding hydrogens is 322 g/mol. The molecule has 1 aromatic carbocycles. The Hall–Kier alpha value is -1.86. The van der Waals surface area contributed by atoms with Crippen LogP contribution < -0.4 is 4.90 Å². The molecule has 0 amide bonds. The van der Waals surface area contributed by atoms with Gasteiger partial charge in [-0.25, -0.2) is 0 Å². The highest BCUT2D eigenvalue weighted by molar-refractivity contribution is 6.33. The smallest absolute Gasteiger partial charge is 0.320 e. The van der Waals surface area contributed by atoms with Gasteiger partial charge in [0.05, 0.1) is 28.8 Å². The minimum Gasteiger partial charge on any atom is -0.465 e. The van der Waals surface area contributed by atoms with Crippen LogP contribution in [-0.4, -0.2) is 55.1 Å². The second-order valence-corrected chi connectivity index (χ2v) is 5.72. The first-order chi connectivity index (χ1) is 11.0. The number of hydrogen-bond acceptors (Lipinski definition) is 6. The van der Waals surface area contributed by atoms with E-state index in [2.05, 4.69) is 9.80 Å². The van der Waals surface area contributed by atoms with Gasteiger partial charge in [-0.1, -0.05) is 11.6 Å². The van der Waals surface area contributed by atoms with Gasteiger partial charge in [0.25, 0.3) is 5.69 Å². The summed E-state index contributed by atoms with van der Waals surface area (Å²) in [6, 6.07) is 4.52. The van der Waals surface area contributed by atoms with Gasteiger partial charge in [0.15, 0.2) is 0 Å². The highest BCUT2D eigenvalue weighted by Crippen LogP contribution is 2.30. The van der Waals surface area contributed by atoms with E-state index < -0.39 is 4.92 Å². The standard InChI is InChI=1S/C15H20ClN3O4/c1-2-23-15(20)11-17-6-3-7-18(9-8-17)14-5-4-12(19(21)22)10-13(14)16/h4-5,10H,2-3,6-9,11H2,1H3. The molecule has 0 radical (unpaired) electrons. The fraction of sp³-hybridized carbons (Fsp3) is 0.533. The summed E-state index contributed by atoms with van der Waals surface area (Å²) < 4.78 is 4.97. The van der Waals surface area contributed by atoms with Gasteiger partial charge in [-0.2, -0.15) is 0 Å². The molecule has 1 aliphatic rings. The summed E-state index contributed by atoms with van der Waals surface area (Å²) in [4.78, 5) is 26.0. The second-order valence-electron chi connectivity index (χ2n) is 5.31. The molecule has 1 saturated heterocycles. The monoisotopic (exact) mass is 341 g/mol. The maximum absolute atomic E-state index is 11.6. The Bertz CT molecular complexity index is 582. The van der Waals surface area contributed by atoms with Gasteiger partial charge in [0, 0.05) is 38.3 Å². The number of nitro groups is 1. The summed E-state index contributed by atoms with van der Waals surface area (Å²) >= 11 is 6.19. The van der Waals surface area contributed by atoms with Crippen LogP contribution >= 0.6 is 11.6 Å². The third-order valence-electron chi connectivity index (χ3n) is 3.73. The van der Waals surface area contributed by atoms with E-state index in [1.807, 2.05) is 0 Å². The van der Waals surface area contributed by atoms with E-state index >= 15 is 0 Å². The predicted octanol–water partition coefficient (Wildman–Crippen LogP) is 2.32. The molecule has 0 N–H and O–H groups in total. The number of rotatable bonds is 5. The molecule has 0 bridgehead atoms. The number of carbonyl (C=O) groups is 1. The quantitative estimate of drug-likeness (QED) is 0.465. The molecule has 7 nitrogen and oxygen atoms in total. The number of nitro benzene ring substituents is 1. The Balaban J connectivity index is 2.00. The second kappa shape index (κ2) is 8.12. The Morgan fingerprint density at radius 2 is 2.13 bits per heavy atom. The number of carbonyl (C=O) groups excluding carboxylic acids is 1. The maximum Gasteiger partial charge on any atom is 0.320 e. The molecular formula is C15H20ClN3O4. The van der Waals surface area contributed by atoms with E-state index in [0.717, 1.165) is 25.2 Å². The molecule has 1 fully saturated rings. The normalized spacial score (nSPS) is 16.0. The number of esters is 1. The zero-order valence-corrected chi connectivity index (χ0v) is 13.8. The van der Waals surface area contributed by atoms with Crippen LogP contribution in [0, 0.1) is 10.1 Å². The van der Waals surface area contributed by atoms with Crippen molar-refractivity contribution in [2.45, 2.75) is 13.3 Å². The fourth-order valence-electron chi connectivity index (χ4n) is 2.62. The fourth-order valence-corrected chi connectivity index (χ4v) is 2.92. The van der Waals surface area contributed by atoms with Crippen molar-refractivity contribution < 1.29 is 14.5 Å². The molecule has 0 aromatic heterocycles. The molecule has 0 saturated carbocycles. The van der Waals surface area contributed by atoms with Crippen molar-refractivity contribution in [3.8, 4) is 0 Å². The first-order valence-electron chi connectivity index (χ1n) is 7.58. The van der Waals surface area contributed by atoms with Crippen LogP contribution in [0.1, 0.15) is 13.3 Å². The van der Waals surface area contributed by atoms with Crippen LogP contribution in [0.15, 0.2) is 18.2 Å². The average molecular weight is 342 g/mol. The van der Waals surface area contributed by atoms with E-state index in [9.17, 15) is 14.9 Å². The van der Waals surface area contributed by atoms with Crippen LogP contribution in [0.2, 0.25) is 5.02 Å². The third kappa shape index (κ3) is 4.80. The molecule has 1 heterocycles. The summed E-state index contributed by atoms with van der Waals surface area (Å²) in [5.74, 6) is -0.214. The summed E-state index contributed by atoms with van der Waals surface area (Å²) in [7, 11) is 0. The average Bonchev–Trinajstić information content (AvgIpc) is 2.73. The summed E-state index contributed by atoms with van der Waals surface area (Å²) in [6.07, 6.45) is 0.882. The van der Waals surface area contributed by atoms with Crippen molar-refractivity contribution in [1.82, 2.24) is 4.90 Å². The summed E-state index contributed by atoms with van der Waals surface area (Å²) in [6.45, 7) is 5.48. The van der Waals surface area contributed by atoms with Crippen LogP contribution in [0.3, 0.4) is 0 Å². The number of non-ortho nitro benzene ring substituents is 1. The van der Waals surface area contributed by atoms with Gasteiger partial charge >= 0.3 is 5.97 Å². The zero-order chi connectivity index (χ0) is 16.8. The summed E-state index contributed by atoms with van der Waals surface area (Å²) in [5.41, 5.74) is 0.771. The van der Waals surface area contributed by atoms with Crippen LogP contribution in [0.5, 0.6) is 0 Å². The number of nitrogens with zero attached hydrogens (tertiary/aromatic N) is 3. The minimum absolute atomic E-state index is 0.0162. The van der Waals surface area contributed by atoms with Crippen molar-refractivity contribution in [3.63, 3.8) is 0 Å². The molecule has 126 valence electrons. The van der Waals surface area contributed by atoms with E-state index in [4.69, 9.17) is 16.3 Å². The molecule has 0 aliphatic carbocycles. The Labute approximate surface area is 139 Å². The Morgan fingerprint density at radius 1 is 1.35 bits per heavy atom. The van der Waals surface area contributed by atoms with Crippen LogP contribution in [0.4, 0.5) is 11.4 Å². The molecule has 1 aliphatic heterocycles. The molecule has 23 heavy (non-hydrogen) atoms. The molecule has 0 unspecified atom stereocenters. The highest BCUT2D eigenvalue weighted by atomic mass is 35.5. The number of halogens is 1. The molecule has 8 heteroatoms. The SMILES string of the molecule is CCOC(=O)CN1CCCN(c2ccc([N+](=O)[O-])cc2Cl)CC1. The van der Waals surface area contributed by atoms with E-state index in [1.165, 1.54) is 12.1 Å². The van der Waals surface area contributed by atoms with Gasteiger partial charge in [-0.05, 0) is 19.4 Å². The number of anilines is 1. The van der Waals surface area contributed by atoms with Crippen molar-refractivity contribution in [2.75, 3.05) is 44.2 Å². The lowest BCUT2D eigenvalue weighted by molar-refractivity contribution is -0.384. The van der Waals surface area contributed by atoms with Gasteiger partial charge in [0.2, 0.25) is 0 Å².